The quantitative estimate of drug-likeness (QED) is 0.468. The molecule has 0 aliphatic carbocycles. The van der Waals surface area contributed by atoms with Crippen molar-refractivity contribution in [3.63, 3.8) is 0 Å². The minimum absolute atomic E-state index is 0.0621. The van der Waals surface area contributed by atoms with Crippen LogP contribution in [-0.4, -0.2) is 37.2 Å². The van der Waals surface area contributed by atoms with Crippen LogP contribution >= 0.6 is 0 Å². The fourth-order valence-electron chi connectivity index (χ4n) is 3.67. The average Bonchev–Trinajstić information content (AvgIpc) is 3.43. The molecule has 0 fully saturated rings. The standard InChI is InChI=1S/C25H27N5O3/c1-25(2,3)26-24(32)23(21-14-9-15-33-21)29(16-18-10-5-4-6-11-18)22(31)17-30-20-13-8-7-12-19(20)27-28-30/h4-15,23H,16-17H2,1-3H3,(H,26,32). The minimum atomic E-state index is -0.943. The molecule has 4 rings (SSSR count). The maximum absolute atomic E-state index is 13.7. The van der Waals surface area contributed by atoms with E-state index in [-0.39, 0.29) is 24.9 Å². The second-order valence-corrected chi connectivity index (χ2v) is 8.90. The molecule has 1 N–H and O–H groups in total. The van der Waals surface area contributed by atoms with E-state index in [0.29, 0.717) is 11.3 Å². The predicted octanol–water partition coefficient (Wildman–Crippen LogP) is 3.71. The number of hydrogen-bond donors (Lipinski definition) is 1. The summed E-state index contributed by atoms with van der Waals surface area (Å²) in [5.74, 6) is -0.199. The first-order valence-corrected chi connectivity index (χ1v) is 10.8. The van der Waals surface area contributed by atoms with Gasteiger partial charge in [-0.2, -0.15) is 0 Å². The zero-order valence-electron chi connectivity index (χ0n) is 18.9. The monoisotopic (exact) mass is 445 g/mol. The van der Waals surface area contributed by atoms with Crippen LogP contribution in [0.15, 0.2) is 77.4 Å². The smallest absolute Gasteiger partial charge is 0.251 e. The van der Waals surface area contributed by atoms with Crippen molar-refractivity contribution in [1.29, 1.82) is 0 Å². The summed E-state index contributed by atoms with van der Waals surface area (Å²) in [6.07, 6.45) is 1.50. The first kappa shape index (κ1) is 22.3. The second kappa shape index (κ2) is 9.28. The van der Waals surface area contributed by atoms with Gasteiger partial charge in [0.05, 0.1) is 11.8 Å². The molecule has 0 bridgehead atoms. The number of benzene rings is 2. The Hall–Kier alpha value is -3.94. The SMILES string of the molecule is CC(C)(C)NC(=O)C(c1ccco1)N(Cc1ccccc1)C(=O)Cn1nnc2ccccc21. The van der Waals surface area contributed by atoms with Crippen LogP contribution in [0.2, 0.25) is 0 Å². The van der Waals surface area contributed by atoms with Crippen molar-refractivity contribution in [3.05, 3.63) is 84.3 Å². The number of nitrogens with zero attached hydrogens (tertiary/aromatic N) is 4. The minimum Gasteiger partial charge on any atom is -0.467 e. The topological polar surface area (TPSA) is 93.3 Å². The van der Waals surface area contributed by atoms with Gasteiger partial charge >= 0.3 is 0 Å². The normalized spacial score (nSPS) is 12.5. The molecule has 0 aliphatic rings. The fourth-order valence-corrected chi connectivity index (χ4v) is 3.67. The molecule has 0 aliphatic heterocycles. The highest BCUT2D eigenvalue weighted by atomic mass is 16.3. The molecule has 2 amide bonds. The Bertz CT molecular complexity index is 1230. The highest BCUT2D eigenvalue weighted by molar-refractivity contribution is 5.89. The summed E-state index contributed by atoms with van der Waals surface area (Å²) in [6.45, 7) is 5.86. The number of rotatable bonds is 7. The number of para-hydroxylation sites is 1. The van der Waals surface area contributed by atoms with Gasteiger partial charge in [0.15, 0.2) is 6.04 Å². The van der Waals surface area contributed by atoms with Gasteiger partial charge in [0.1, 0.15) is 17.8 Å². The lowest BCUT2D eigenvalue weighted by atomic mass is 10.1. The first-order chi connectivity index (χ1) is 15.8. The van der Waals surface area contributed by atoms with E-state index in [2.05, 4.69) is 15.6 Å². The average molecular weight is 446 g/mol. The van der Waals surface area contributed by atoms with Crippen molar-refractivity contribution in [2.45, 2.75) is 45.4 Å². The molecule has 0 spiro atoms. The summed E-state index contributed by atoms with van der Waals surface area (Å²) in [4.78, 5) is 28.6. The summed E-state index contributed by atoms with van der Waals surface area (Å²) in [6, 6.07) is 19.5. The third-order valence-electron chi connectivity index (χ3n) is 5.09. The van der Waals surface area contributed by atoms with Crippen molar-refractivity contribution in [1.82, 2.24) is 25.2 Å². The van der Waals surface area contributed by atoms with Gasteiger partial charge in [-0.1, -0.05) is 47.7 Å². The van der Waals surface area contributed by atoms with Gasteiger partial charge in [-0.15, -0.1) is 5.10 Å². The maximum Gasteiger partial charge on any atom is 0.251 e. The number of furan rings is 1. The number of amides is 2. The lowest BCUT2D eigenvalue weighted by Gasteiger charge is -2.32. The second-order valence-electron chi connectivity index (χ2n) is 8.90. The molecule has 1 atom stereocenters. The van der Waals surface area contributed by atoms with Crippen LogP contribution in [0.25, 0.3) is 11.0 Å². The highest BCUT2D eigenvalue weighted by Gasteiger charge is 2.35. The molecule has 0 radical (unpaired) electrons. The highest BCUT2D eigenvalue weighted by Crippen LogP contribution is 2.26. The lowest BCUT2D eigenvalue weighted by Crippen LogP contribution is -2.49. The van der Waals surface area contributed by atoms with Gasteiger partial charge < -0.3 is 14.6 Å². The molecule has 2 aromatic heterocycles. The van der Waals surface area contributed by atoms with Crippen LogP contribution in [-0.2, 0) is 22.7 Å². The van der Waals surface area contributed by atoms with Gasteiger partial charge in [-0.05, 0) is 50.6 Å². The van der Waals surface area contributed by atoms with Crippen molar-refractivity contribution in [2.75, 3.05) is 0 Å². The molecule has 170 valence electrons. The molecule has 2 aromatic carbocycles. The van der Waals surface area contributed by atoms with Crippen molar-refractivity contribution >= 4 is 22.8 Å². The van der Waals surface area contributed by atoms with E-state index in [1.807, 2.05) is 75.4 Å². The molecule has 0 saturated heterocycles. The Morgan fingerprint density at radius 1 is 1.03 bits per heavy atom. The summed E-state index contributed by atoms with van der Waals surface area (Å²) >= 11 is 0. The molecule has 4 aromatic rings. The van der Waals surface area contributed by atoms with Gasteiger partial charge in [0.2, 0.25) is 5.91 Å². The van der Waals surface area contributed by atoms with E-state index in [4.69, 9.17) is 4.42 Å². The van der Waals surface area contributed by atoms with Crippen molar-refractivity contribution in [3.8, 4) is 0 Å². The molecule has 0 saturated carbocycles. The molecular formula is C25H27N5O3. The zero-order chi connectivity index (χ0) is 23.4. The van der Waals surface area contributed by atoms with Gasteiger partial charge in [0.25, 0.3) is 5.91 Å². The van der Waals surface area contributed by atoms with Gasteiger partial charge in [-0.3, -0.25) is 9.59 Å². The number of nitrogens with one attached hydrogen (secondary N) is 1. The third-order valence-corrected chi connectivity index (χ3v) is 5.09. The number of fused-ring (bicyclic) bond motifs is 1. The summed E-state index contributed by atoms with van der Waals surface area (Å²) in [7, 11) is 0. The van der Waals surface area contributed by atoms with E-state index in [0.717, 1.165) is 11.1 Å². The predicted molar refractivity (Wildman–Crippen MR) is 124 cm³/mol. The van der Waals surface area contributed by atoms with Crippen LogP contribution in [0.1, 0.15) is 38.1 Å². The van der Waals surface area contributed by atoms with Gasteiger partial charge in [0, 0.05) is 12.1 Å². The van der Waals surface area contributed by atoms with Crippen LogP contribution < -0.4 is 5.32 Å². The van der Waals surface area contributed by atoms with Crippen LogP contribution in [0.4, 0.5) is 0 Å². The number of hydrogen-bond acceptors (Lipinski definition) is 5. The van der Waals surface area contributed by atoms with E-state index in [1.54, 1.807) is 16.8 Å². The van der Waals surface area contributed by atoms with E-state index in [9.17, 15) is 9.59 Å². The lowest BCUT2D eigenvalue weighted by molar-refractivity contribution is -0.143. The summed E-state index contributed by atoms with van der Waals surface area (Å²) < 4.78 is 7.17. The summed E-state index contributed by atoms with van der Waals surface area (Å²) in [5, 5.41) is 11.3. The van der Waals surface area contributed by atoms with E-state index < -0.39 is 11.6 Å². The Morgan fingerprint density at radius 3 is 2.45 bits per heavy atom. The summed E-state index contributed by atoms with van der Waals surface area (Å²) in [5.41, 5.74) is 1.87. The molecule has 8 nitrogen and oxygen atoms in total. The van der Waals surface area contributed by atoms with E-state index in [1.165, 1.54) is 11.2 Å². The third kappa shape index (κ3) is 5.28. The Kier molecular flexibility index (Phi) is 6.26. The van der Waals surface area contributed by atoms with Crippen LogP contribution in [0, 0.1) is 0 Å². The zero-order valence-corrected chi connectivity index (χ0v) is 18.9. The molecule has 8 heteroatoms. The van der Waals surface area contributed by atoms with Crippen LogP contribution in [0.3, 0.4) is 0 Å². The van der Waals surface area contributed by atoms with Crippen LogP contribution in [0.5, 0.6) is 0 Å². The maximum atomic E-state index is 13.7. The van der Waals surface area contributed by atoms with Crippen molar-refractivity contribution in [2.24, 2.45) is 0 Å². The van der Waals surface area contributed by atoms with Crippen molar-refractivity contribution < 1.29 is 14.0 Å². The molecule has 2 heterocycles. The van der Waals surface area contributed by atoms with E-state index >= 15 is 0 Å². The van der Waals surface area contributed by atoms with Gasteiger partial charge in [-0.25, -0.2) is 4.68 Å². The molecule has 1 unspecified atom stereocenters. The number of carbonyl (C=O) groups is 2. The first-order valence-electron chi connectivity index (χ1n) is 10.8. The largest absolute Gasteiger partial charge is 0.467 e. The molecule has 33 heavy (non-hydrogen) atoms. The Balaban J connectivity index is 1.71. The Morgan fingerprint density at radius 2 is 1.76 bits per heavy atom. The number of carbonyl (C=O) groups excluding carboxylic acids is 2. The molecular weight excluding hydrogens is 418 g/mol. The fraction of sp³-hybridized carbons (Fsp3) is 0.280. The number of aromatic nitrogens is 3. The Labute approximate surface area is 192 Å².